The molecule has 3 N–H and O–H groups in total. The third-order valence-corrected chi connectivity index (χ3v) is 14.3. The van der Waals surface area contributed by atoms with Gasteiger partial charge in [0, 0.05) is 19.3 Å². The quantitative estimate of drug-likeness (QED) is 0.0228. The highest BCUT2D eigenvalue weighted by Crippen LogP contribution is 2.26. The molecule has 0 aromatic heterocycles. The number of hydrogen-bond acceptors (Lipinski definition) is 11. The molecule has 1 heterocycles. The van der Waals surface area contributed by atoms with E-state index >= 15 is 0 Å². The number of rotatable bonds is 55. The molecule has 6 atom stereocenters. The molecule has 0 aromatic rings. The number of ether oxygens (including phenoxy) is 5. The third kappa shape index (κ3) is 47.3. The van der Waals surface area contributed by atoms with Crippen molar-refractivity contribution in [3.05, 3.63) is 109 Å². The smallest absolute Gasteiger partial charge is 0.335 e. The van der Waals surface area contributed by atoms with Gasteiger partial charge in [0.1, 0.15) is 18.8 Å². The number of carboxylic acids is 1. The van der Waals surface area contributed by atoms with Gasteiger partial charge in [0.2, 0.25) is 0 Å². The summed E-state index contributed by atoms with van der Waals surface area (Å²) in [5.74, 6) is -3.22. The van der Waals surface area contributed by atoms with Crippen molar-refractivity contribution in [2.45, 2.75) is 302 Å². The van der Waals surface area contributed by atoms with Crippen molar-refractivity contribution in [2.75, 3.05) is 13.2 Å². The zero-order valence-corrected chi connectivity index (χ0v) is 52.2. The van der Waals surface area contributed by atoms with E-state index in [2.05, 4.69) is 118 Å². The van der Waals surface area contributed by atoms with Crippen molar-refractivity contribution in [1.29, 1.82) is 0 Å². The van der Waals surface area contributed by atoms with Crippen LogP contribution in [0.4, 0.5) is 0 Å². The second-order valence-electron chi connectivity index (χ2n) is 22.0. The van der Waals surface area contributed by atoms with Crippen LogP contribution >= 0.6 is 0 Å². The maximum atomic E-state index is 13.2. The van der Waals surface area contributed by atoms with Crippen LogP contribution in [0.1, 0.15) is 265 Å². The Balaban J connectivity index is 2.70. The number of aliphatic carboxylic acids is 1. The molecule has 0 amide bonds. The van der Waals surface area contributed by atoms with Gasteiger partial charge in [0.15, 0.2) is 24.6 Å². The molecule has 1 aliphatic heterocycles. The monoisotopic (exact) mass is 1160 g/mol. The Morgan fingerprint density at radius 2 is 0.771 bits per heavy atom. The minimum absolute atomic E-state index is 0.0400. The molecule has 1 aliphatic rings. The molecule has 83 heavy (non-hydrogen) atoms. The topological polar surface area (TPSA) is 175 Å². The Bertz CT molecular complexity index is 1860. The van der Waals surface area contributed by atoms with E-state index in [0.717, 1.165) is 122 Å². The van der Waals surface area contributed by atoms with Crippen molar-refractivity contribution < 1.29 is 58.2 Å². The molecule has 1 saturated heterocycles. The van der Waals surface area contributed by atoms with Gasteiger partial charge in [-0.05, 0) is 122 Å². The number of hydrogen-bond donors (Lipinski definition) is 3. The minimum Gasteiger partial charge on any atom is -0.479 e. The van der Waals surface area contributed by atoms with E-state index in [1.165, 1.54) is 77.0 Å². The summed E-state index contributed by atoms with van der Waals surface area (Å²) in [6, 6.07) is 0. The van der Waals surface area contributed by atoms with Gasteiger partial charge in [-0.1, -0.05) is 233 Å². The van der Waals surface area contributed by atoms with E-state index in [1.807, 2.05) is 12.2 Å². The first-order valence-electron chi connectivity index (χ1n) is 32.9. The molecule has 0 saturated carbocycles. The molecular formula is C71H116O12. The van der Waals surface area contributed by atoms with Crippen molar-refractivity contribution in [3.8, 4) is 0 Å². The summed E-state index contributed by atoms with van der Waals surface area (Å²) >= 11 is 0. The number of carbonyl (C=O) groups excluding carboxylic acids is 3. The molecule has 0 radical (unpaired) electrons. The highest BCUT2D eigenvalue weighted by molar-refractivity contribution is 5.74. The van der Waals surface area contributed by atoms with Gasteiger partial charge in [0.25, 0.3) is 0 Å². The summed E-state index contributed by atoms with van der Waals surface area (Å²) in [4.78, 5) is 51.3. The van der Waals surface area contributed by atoms with E-state index in [-0.39, 0.29) is 25.9 Å². The molecule has 12 heteroatoms. The van der Waals surface area contributed by atoms with Crippen LogP contribution in [0.5, 0.6) is 0 Å². The van der Waals surface area contributed by atoms with Crippen LogP contribution in [0.15, 0.2) is 109 Å². The van der Waals surface area contributed by atoms with E-state index in [0.29, 0.717) is 25.7 Å². The summed E-state index contributed by atoms with van der Waals surface area (Å²) in [5.41, 5.74) is 0. The number of carboxylic acid groups (broad SMARTS) is 1. The molecule has 472 valence electrons. The zero-order valence-electron chi connectivity index (χ0n) is 52.2. The van der Waals surface area contributed by atoms with Crippen LogP contribution in [0.2, 0.25) is 0 Å². The van der Waals surface area contributed by atoms with Crippen LogP contribution in [-0.2, 0) is 42.9 Å². The third-order valence-electron chi connectivity index (χ3n) is 14.3. The zero-order chi connectivity index (χ0) is 60.3. The second-order valence-corrected chi connectivity index (χ2v) is 22.0. The van der Waals surface area contributed by atoms with Crippen LogP contribution in [0, 0.1) is 0 Å². The van der Waals surface area contributed by atoms with Crippen molar-refractivity contribution in [3.63, 3.8) is 0 Å². The van der Waals surface area contributed by atoms with Gasteiger partial charge in [-0.2, -0.15) is 0 Å². The number of esters is 3. The number of aliphatic hydroxyl groups is 2. The van der Waals surface area contributed by atoms with Gasteiger partial charge in [0.05, 0.1) is 6.61 Å². The summed E-state index contributed by atoms with van der Waals surface area (Å²) in [6.07, 6.45) is 66.2. The van der Waals surface area contributed by atoms with Crippen molar-refractivity contribution >= 4 is 23.9 Å². The largest absolute Gasteiger partial charge is 0.479 e. The normalized spacial score (nSPS) is 18.3. The Morgan fingerprint density at radius 3 is 1.19 bits per heavy atom. The highest BCUT2D eigenvalue weighted by Gasteiger charge is 2.50. The van der Waals surface area contributed by atoms with Crippen LogP contribution < -0.4 is 0 Å². The Hall–Kier alpha value is -4.62. The first kappa shape index (κ1) is 76.4. The molecule has 0 aromatic carbocycles. The van der Waals surface area contributed by atoms with Gasteiger partial charge in [-0.25, -0.2) is 4.79 Å². The molecule has 1 rings (SSSR count). The summed E-state index contributed by atoms with van der Waals surface area (Å²) in [7, 11) is 0. The predicted molar refractivity (Wildman–Crippen MR) is 340 cm³/mol. The Morgan fingerprint density at radius 1 is 0.410 bits per heavy atom. The molecule has 0 spiro atoms. The standard InChI is InChI=1S/C71H116O12/c1-4-7-10-13-16-19-22-25-28-31-32-35-36-39-42-45-48-51-54-57-63(72)79-60-62(81-64(73)58-55-52-49-46-43-40-37-33-29-26-23-20-17-14-11-8-5-2)61-80-71-69(67(76)66(75)68(83-71)70(77)78)82-65(74)59-56-53-50-47-44-41-38-34-30-27-24-21-18-15-12-9-6-3/h8,11,16-21,25-30,37,40,46,49,62,66-69,71,75-76H,4-7,9-10,12-15,22-24,31-36,38-39,41-45,47-48,50-61H2,1-3H3,(H,77,78)/b11-8-,19-16-,20-17-,21-18-,28-25-,29-26-,30-27-,40-37-,49-46-. The van der Waals surface area contributed by atoms with E-state index in [1.54, 1.807) is 0 Å². The van der Waals surface area contributed by atoms with Crippen molar-refractivity contribution in [1.82, 2.24) is 0 Å². The fourth-order valence-corrected chi connectivity index (χ4v) is 9.29. The average molecular weight is 1160 g/mol. The van der Waals surface area contributed by atoms with Crippen molar-refractivity contribution in [2.24, 2.45) is 0 Å². The Kier molecular flexibility index (Phi) is 53.2. The molecule has 0 aliphatic carbocycles. The van der Waals surface area contributed by atoms with Crippen LogP contribution in [-0.4, -0.2) is 89.2 Å². The van der Waals surface area contributed by atoms with E-state index in [9.17, 15) is 34.5 Å². The number of unbranched alkanes of at least 4 members (excludes halogenated alkanes) is 23. The average Bonchev–Trinajstić information content (AvgIpc) is 3.59. The summed E-state index contributed by atoms with van der Waals surface area (Å²) in [5, 5.41) is 31.6. The predicted octanol–water partition coefficient (Wildman–Crippen LogP) is 17.8. The maximum Gasteiger partial charge on any atom is 0.335 e. The highest BCUT2D eigenvalue weighted by atomic mass is 16.7. The van der Waals surface area contributed by atoms with Gasteiger partial charge < -0.3 is 39.0 Å². The number of carbonyl (C=O) groups is 4. The lowest BCUT2D eigenvalue weighted by Gasteiger charge is -2.40. The first-order chi connectivity index (χ1) is 40.6. The van der Waals surface area contributed by atoms with Crippen LogP contribution in [0.3, 0.4) is 0 Å². The SMILES string of the molecule is CC/C=C\C/C=C\C/C=C\C/C=C\C/C=C\CCCC(=O)OC(COC(=O)CCCCCCCCCCC/C=C\C/C=C\CCCCC)COC1OC(C(=O)O)C(O)C(O)C1OC(=O)CCCCCCCCC/C=C\C/C=C\CCCCC. The van der Waals surface area contributed by atoms with Gasteiger partial charge in [-0.3, -0.25) is 14.4 Å². The summed E-state index contributed by atoms with van der Waals surface area (Å²) in [6.45, 7) is 5.80. The van der Waals surface area contributed by atoms with Crippen LogP contribution in [0.25, 0.3) is 0 Å². The van der Waals surface area contributed by atoms with E-state index < -0.39 is 67.3 Å². The molecule has 6 unspecified atom stereocenters. The van der Waals surface area contributed by atoms with Gasteiger partial charge >= 0.3 is 23.9 Å². The lowest BCUT2D eigenvalue weighted by atomic mass is 9.98. The maximum absolute atomic E-state index is 13.2. The van der Waals surface area contributed by atoms with E-state index in [4.69, 9.17) is 23.7 Å². The molecule has 1 fully saturated rings. The molecular weight excluding hydrogens is 1040 g/mol. The summed E-state index contributed by atoms with van der Waals surface area (Å²) < 4.78 is 28.5. The van der Waals surface area contributed by atoms with Gasteiger partial charge in [-0.15, -0.1) is 0 Å². The lowest BCUT2D eigenvalue weighted by Crippen LogP contribution is -2.61. The first-order valence-corrected chi connectivity index (χ1v) is 32.9. The molecule has 12 nitrogen and oxygen atoms in total. The molecule has 0 bridgehead atoms. The fraction of sp³-hybridized carbons (Fsp3) is 0.690. The second kappa shape index (κ2) is 57.8. The number of allylic oxidation sites excluding steroid dienone is 18. The Labute approximate surface area is 504 Å². The number of aliphatic hydroxyl groups excluding tert-OH is 2. The fourth-order valence-electron chi connectivity index (χ4n) is 9.29. The minimum atomic E-state index is -1.92. The lowest BCUT2D eigenvalue weighted by molar-refractivity contribution is -0.301.